The fraction of sp³-hybridized carbons (Fsp3) is 0.533. The molecule has 1 amide bonds. The van der Waals surface area contributed by atoms with Crippen molar-refractivity contribution in [1.29, 1.82) is 0 Å². The predicted molar refractivity (Wildman–Crippen MR) is 85.0 cm³/mol. The molecule has 2 N–H and O–H groups in total. The molecule has 1 heterocycles. The summed E-state index contributed by atoms with van der Waals surface area (Å²) in [4.78, 5) is 18.0. The minimum absolute atomic E-state index is 0.0945. The first-order valence-electron chi connectivity index (χ1n) is 6.81. The van der Waals surface area contributed by atoms with E-state index in [1.54, 1.807) is 0 Å². The normalized spacial score (nSPS) is 10.2. The maximum Gasteiger partial charge on any atom is 0.263 e. The number of hydrogen-bond acceptors (Lipinski definition) is 4. The minimum Gasteiger partial charge on any atom is -0.338 e. The van der Waals surface area contributed by atoms with E-state index >= 15 is 0 Å². The molecule has 1 rings (SSSR count). The molecule has 0 fully saturated rings. The van der Waals surface area contributed by atoms with Crippen LogP contribution in [-0.2, 0) is 0 Å². The van der Waals surface area contributed by atoms with Crippen molar-refractivity contribution in [3.63, 3.8) is 0 Å². The van der Waals surface area contributed by atoms with Crippen LogP contribution >= 0.6 is 11.3 Å². The molecule has 0 aliphatic rings. The van der Waals surface area contributed by atoms with Gasteiger partial charge in [0.2, 0.25) is 0 Å². The van der Waals surface area contributed by atoms with Crippen LogP contribution in [0.5, 0.6) is 0 Å². The van der Waals surface area contributed by atoms with Gasteiger partial charge in [0.25, 0.3) is 5.91 Å². The number of thiophene rings is 1. The molecule has 0 bridgehead atoms. The Morgan fingerprint density at radius 2 is 2.10 bits per heavy atom. The zero-order valence-corrected chi connectivity index (χ0v) is 13.3. The van der Waals surface area contributed by atoms with Gasteiger partial charge in [-0.05, 0) is 46.1 Å². The maximum atomic E-state index is 12.4. The lowest BCUT2D eigenvalue weighted by Crippen LogP contribution is -2.32. The van der Waals surface area contributed by atoms with Gasteiger partial charge in [-0.25, -0.2) is 0 Å². The SMILES string of the molecule is CCN(CCCN(C)C)C(=O)c1ccc(C#CCN)s1. The quantitative estimate of drug-likeness (QED) is 0.808. The molecule has 20 heavy (non-hydrogen) atoms. The van der Waals surface area contributed by atoms with Gasteiger partial charge in [-0.15, -0.1) is 11.3 Å². The van der Waals surface area contributed by atoms with Crippen molar-refractivity contribution in [2.45, 2.75) is 13.3 Å². The molecular weight excluding hydrogens is 270 g/mol. The van der Waals surface area contributed by atoms with E-state index in [2.05, 4.69) is 16.7 Å². The van der Waals surface area contributed by atoms with Gasteiger partial charge in [0.15, 0.2) is 0 Å². The molecule has 1 aromatic heterocycles. The second-order valence-electron chi connectivity index (χ2n) is 4.71. The molecular formula is C15H23N3OS. The summed E-state index contributed by atoms with van der Waals surface area (Å²) in [5.74, 6) is 5.86. The molecule has 0 spiro atoms. The lowest BCUT2D eigenvalue weighted by atomic mass is 10.3. The fourth-order valence-corrected chi connectivity index (χ4v) is 2.64. The summed E-state index contributed by atoms with van der Waals surface area (Å²) in [6, 6.07) is 3.73. The molecule has 0 saturated carbocycles. The summed E-state index contributed by atoms with van der Waals surface area (Å²) < 4.78 is 0. The molecule has 0 saturated heterocycles. The predicted octanol–water partition coefficient (Wildman–Crippen LogP) is 1.47. The smallest absolute Gasteiger partial charge is 0.263 e. The van der Waals surface area contributed by atoms with Crippen LogP contribution in [0.15, 0.2) is 12.1 Å². The monoisotopic (exact) mass is 293 g/mol. The Kier molecular flexibility index (Phi) is 7.31. The number of hydrogen-bond donors (Lipinski definition) is 1. The Hall–Kier alpha value is -1.35. The average molecular weight is 293 g/mol. The number of nitrogens with zero attached hydrogens (tertiary/aromatic N) is 2. The van der Waals surface area contributed by atoms with Crippen molar-refractivity contribution in [2.75, 3.05) is 40.3 Å². The number of rotatable bonds is 6. The molecule has 5 heteroatoms. The second kappa shape index (κ2) is 8.75. The fourth-order valence-electron chi connectivity index (χ4n) is 1.80. The van der Waals surface area contributed by atoms with E-state index in [0.717, 1.165) is 35.8 Å². The molecule has 0 aliphatic carbocycles. The summed E-state index contributed by atoms with van der Waals surface area (Å²) in [7, 11) is 4.08. The van der Waals surface area contributed by atoms with Crippen LogP contribution in [0.3, 0.4) is 0 Å². The first-order chi connectivity index (χ1) is 9.58. The van der Waals surface area contributed by atoms with Crippen LogP contribution < -0.4 is 5.73 Å². The largest absolute Gasteiger partial charge is 0.338 e. The number of carbonyl (C=O) groups excluding carboxylic acids is 1. The number of amides is 1. The molecule has 4 nitrogen and oxygen atoms in total. The number of nitrogens with two attached hydrogens (primary N) is 1. The zero-order chi connectivity index (χ0) is 15.0. The molecule has 1 aromatic rings. The van der Waals surface area contributed by atoms with E-state index in [1.165, 1.54) is 11.3 Å². The van der Waals surface area contributed by atoms with Crippen molar-refractivity contribution >= 4 is 17.2 Å². The average Bonchev–Trinajstić information content (AvgIpc) is 2.89. The van der Waals surface area contributed by atoms with Gasteiger partial charge in [-0.3, -0.25) is 4.79 Å². The Labute approximate surface area is 125 Å². The van der Waals surface area contributed by atoms with Crippen LogP contribution in [0.2, 0.25) is 0 Å². The molecule has 0 unspecified atom stereocenters. The van der Waals surface area contributed by atoms with Crippen molar-refractivity contribution in [3.05, 3.63) is 21.9 Å². The van der Waals surface area contributed by atoms with Gasteiger partial charge in [-0.2, -0.15) is 0 Å². The third kappa shape index (κ3) is 5.33. The highest BCUT2D eigenvalue weighted by molar-refractivity contribution is 7.14. The third-order valence-corrected chi connectivity index (χ3v) is 3.82. The van der Waals surface area contributed by atoms with E-state index in [4.69, 9.17) is 5.73 Å². The van der Waals surface area contributed by atoms with E-state index < -0.39 is 0 Å². The van der Waals surface area contributed by atoms with Gasteiger partial charge in [0, 0.05) is 13.1 Å². The van der Waals surface area contributed by atoms with Gasteiger partial charge >= 0.3 is 0 Å². The van der Waals surface area contributed by atoms with Crippen LogP contribution in [0, 0.1) is 11.8 Å². The summed E-state index contributed by atoms with van der Waals surface area (Å²) in [5, 5.41) is 0. The summed E-state index contributed by atoms with van der Waals surface area (Å²) in [6.45, 7) is 4.85. The van der Waals surface area contributed by atoms with Gasteiger partial charge < -0.3 is 15.5 Å². The van der Waals surface area contributed by atoms with Crippen LogP contribution in [0.1, 0.15) is 27.9 Å². The molecule has 0 aliphatic heterocycles. The molecule has 0 radical (unpaired) electrons. The van der Waals surface area contributed by atoms with Crippen molar-refractivity contribution in [1.82, 2.24) is 9.80 Å². The zero-order valence-electron chi connectivity index (χ0n) is 12.5. The van der Waals surface area contributed by atoms with Crippen LogP contribution in [-0.4, -0.2) is 56.0 Å². The highest BCUT2D eigenvalue weighted by Crippen LogP contribution is 2.17. The molecule has 0 aromatic carbocycles. The van der Waals surface area contributed by atoms with E-state index in [-0.39, 0.29) is 5.91 Å². The first kappa shape index (κ1) is 16.7. The Balaban J connectivity index is 2.63. The Morgan fingerprint density at radius 1 is 1.35 bits per heavy atom. The third-order valence-electron chi connectivity index (χ3n) is 2.83. The topological polar surface area (TPSA) is 49.6 Å². The summed E-state index contributed by atoms with van der Waals surface area (Å²) in [5.41, 5.74) is 5.34. The van der Waals surface area contributed by atoms with Gasteiger partial charge in [0.1, 0.15) is 0 Å². The highest BCUT2D eigenvalue weighted by Gasteiger charge is 2.15. The summed E-state index contributed by atoms with van der Waals surface area (Å²) >= 11 is 1.43. The van der Waals surface area contributed by atoms with Gasteiger partial charge in [-0.1, -0.05) is 11.8 Å². The molecule has 0 atom stereocenters. The second-order valence-corrected chi connectivity index (χ2v) is 5.80. The first-order valence-corrected chi connectivity index (χ1v) is 7.63. The highest BCUT2D eigenvalue weighted by atomic mass is 32.1. The Bertz CT molecular complexity index is 485. The van der Waals surface area contributed by atoms with Crippen LogP contribution in [0.4, 0.5) is 0 Å². The van der Waals surface area contributed by atoms with Gasteiger partial charge in [0.05, 0.1) is 16.3 Å². The molecule has 110 valence electrons. The standard InChI is InChI=1S/C15H23N3OS/c1-4-18(12-6-11-17(2)3)15(19)14-9-8-13(20-14)7-5-10-16/h8-9H,4,6,10-12,16H2,1-3H3. The van der Waals surface area contributed by atoms with Crippen molar-refractivity contribution in [2.24, 2.45) is 5.73 Å². The van der Waals surface area contributed by atoms with E-state index in [0.29, 0.717) is 6.54 Å². The van der Waals surface area contributed by atoms with E-state index in [9.17, 15) is 4.79 Å². The lowest BCUT2D eigenvalue weighted by molar-refractivity contribution is 0.0764. The summed E-state index contributed by atoms with van der Waals surface area (Å²) in [6.07, 6.45) is 0.984. The van der Waals surface area contributed by atoms with E-state index in [1.807, 2.05) is 38.1 Å². The van der Waals surface area contributed by atoms with Crippen LogP contribution in [0.25, 0.3) is 0 Å². The van der Waals surface area contributed by atoms with Crippen molar-refractivity contribution in [3.8, 4) is 11.8 Å². The Morgan fingerprint density at radius 3 is 2.70 bits per heavy atom. The minimum atomic E-state index is 0.0945. The number of carbonyl (C=O) groups is 1. The maximum absolute atomic E-state index is 12.4. The lowest BCUT2D eigenvalue weighted by Gasteiger charge is -2.21. The van der Waals surface area contributed by atoms with Crippen molar-refractivity contribution < 1.29 is 4.79 Å².